The molecule has 1 fully saturated rings. The number of ether oxygens (including phenoxy) is 1. The van der Waals surface area contributed by atoms with Crippen molar-refractivity contribution < 1.29 is 19.0 Å². The molecule has 0 spiro atoms. The molecule has 192 valence electrons. The van der Waals surface area contributed by atoms with Crippen LogP contribution in [-0.4, -0.2) is 54.6 Å². The lowest BCUT2D eigenvalue weighted by Gasteiger charge is -2.32. The first-order valence-electron chi connectivity index (χ1n) is 12.2. The van der Waals surface area contributed by atoms with E-state index in [0.29, 0.717) is 35.4 Å². The van der Waals surface area contributed by atoms with Crippen LogP contribution in [0.25, 0.3) is 16.9 Å². The second-order valence-corrected chi connectivity index (χ2v) is 9.71. The van der Waals surface area contributed by atoms with Gasteiger partial charge >= 0.3 is 0 Å². The van der Waals surface area contributed by atoms with Crippen molar-refractivity contribution in [1.82, 2.24) is 24.4 Å². The van der Waals surface area contributed by atoms with Crippen molar-refractivity contribution in [2.24, 2.45) is 0 Å². The fourth-order valence-corrected chi connectivity index (χ4v) is 4.36. The van der Waals surface area contributed by atoms with Crippen LogP contribution in [0.15, 0.2) is 54.9 Å². The number of amides is 1. The minimum absolute atomic E-state index is 0.0339. The van der Waals surface area contributed by atoms with E-state index in [1.807, 2.05) is 29.2 Å². The lowest BCUT2D eigenvalue weighted by molar-refractivity contribution is -0.131. The standard InChI is InChI=1S/C27H29FN6O3/c1-17(35)33-13-5-6-20(15-33)37-19-11-9-18(10-12-19)30-26-29-14-21-22(28)16-34(25(21)32-26)24-8-4-7-23(31-24)27(2,3)36/h4,7-12,14,16,20,36H,5-6,13,15H2,1-3H3,(H,29,30,32)/t20-/m1/s1. The highest BCUT2D eigenvalue weighted by atomic mass is 19.1. The van der Waals surface area contributed by atoms with E-state index in [2.05, 4.69) is 20.3 Å². The van der Waals surface area contributed by atoms with Crippen LogP contribution in [0.5, 0.6) is 5.75 Å². The Bertz CT molecular complexity index is 1430. The molecule has 9 nitrogen and oxygen atoms in total. The number of halogens is 1. The van der Waals surface area contributed by atoms with Crippen molar-refractivity contribution in [3.63, 3.8) is 0 Å². The zero-order valence-electron chi connectivity index (χ0n) is 21.0. The highest BCUT2D eigenvalue weighted by molar-refractivity contribution is 5.79. The van der Waals surface area contributed by atoms with Crippen LogP contribution in [0.3, 0.4) is 0 Å². The lowest BCUT2D eigenvalue weighted by atomic mass is 10.1. The Morgan fingerprint density at radius 3 is 2.70 bits per heavy atom. The number of carbonyl (C=O) groups is 1. The van der Waals surface area contributed by atoms with Gasteiger partial charge in [0.05, 0.1) is 17.6 Å². The Labute approximate surface area is 213 Å². The fourth-order valence-electron chi connectivity index (χ4n) is 4.36. The molecule has 0 unspecified atom stereocenters. The number of likely N-dealkylation sites (tertiary alicyclic amines) is 1. The van der Waals surface area contributed by atoms with Gasteiger partial charge in [-0.2, -0.15) is 4.98 Å². The van der Waals surface area contributed by atoms with Crippen LogP contribution < -0.4 is 10.1 Å². The normalized spacial score (nSPS) is 16.1. The summed E-state index contributed by atoms with van der Waals surface area (Å²) in [5.41, 5.74) is 0.409. The van der Waals surface area contributed by atoms with Gasteiger partial charge in [0.15, 0.2) is 11.5 Å². The third-order valence-electron chi connectivity index (χ3n) is 6.34. The first-order chi connectivity index (χ1) is 17.7. The molecule has 4 heterocycles. The maximum absolute atomic E-state index is 14.7. The molecular weight excluding hydrogens is 475 g/mol. The second kappa shape index (κ2) is 9.78. The number of aromatic nitrogens is 4. The summed E-state index contributed by atoms with van der Waals surface area (Å²) < 4.78 is 22.3. The second-order valence-electron chi connectivity index (χ2n) is 9.71. The molecule has 1 aliphatic heterocycles. The molecule has 0 saturated carbocycles. The molecular formula is C27H29FN6O3. The summed E-state index contributed by atoms with van der Waals surface area (Å²) in [4.78, 5) is 26.8. The number of pyridine rings is 1. The van der Waals surface area contributed by atoms with Crippen LogP contribution in [0.2, 0.25) is 0 Å². The van der Waals surface area contributed by atoms with Crippen LogP contribution in [0, 0.1) is 5.82 Å². The number of fused-ring (bicyclic) bond motifs is 1. The molecule has 1 aromatic carbocycles. The van der Waals surface area contributed by atoms with Crippen molar-refractivity contribution in [2.75, 3.05) is 18.4 Å². The van der Waals surface area contributed by atoms with Crippen LogP contribution in [0.1, 0.15) is 39.3 Å². The van der Waals surface area contributed by atoms with Gasteiger partial charge < -0.3 is 20.1 Å². The molecule has 1 aliphatic rings. The van der Waals surface area contributed by atoms with Crippen LogP contribution in [0.4, 0.5) is 16.0 Å². The quantitative estimate of drug-likeness (QED) is 0.403. The van der Waals surface area contributed by atoms with Crippen molar-refractivity contribution in [1.29, 1.82) is 0 Å². The largest absolute Gasteiger partial charge is 0.489 e. The number of carbonyl (C=O) groups excluding carboxylic acids is 1. The number of piperidine rings is 1. The SMILES string of the molecule is CC(=O)N1CCC[C@@H](Oc2ccc(Nc3ncc4c(F)cn(-c5cccc(C(C)(C)O)n5)c4n3)cc2)C1. The summed E-state index contributed by atoms with van der Waals surface area (Å²) in [5, 5.41) is 13.7. The molecule has 4 aromatic rings. The molecule has 1 atom stereocenters. The number of anilines is 2. The van der Waals surface area contributed by atoms with E-state index >= 15 is 0 Å². The van der Waals surface area contributed by atoms with E-state index in [-0.39, 0.29) is 17.4 Å². The maximum Gasteiger partial charge on any atom is 0.229 e. The molecule has 3 aromatic heterocycles. The zero-order valence-corrected chi connectivity index (χ0v) is 21.0. The fraction of sp³-hybridized carbons (Fsp3) is 0.333. The molecule has 0 aliphatic carbocycles. The predicted molar refractivity (Wildman–Crippen MR) is 137 cm³/mol. The number of rotatable bonds is 6. The molecule has 5 rings (SSSR count). The van der Waals surface area contributed by atoms with Crippen molar-refractivity contribution >= 4 is 28.6 Å². The summed E-state index contributed by atoms with van der Waals surface area (Å²) in [6.45, 7) is 6.23. The number of hydrogen-bond acceptors (Lipinski definition) is 7. The Morgan fingerprint density at radius 2 is 1.97 bits per heavy atom. The van der Waals surface area contributed by atoms with Gasteiger partial charge in [0.25, 0.3) is 0 Å². The Balaban J connectivity index is 1.34. The molecule has 0 bridgehead atoms. The minimum atomic E-state index is -1.14. The number of benzene rings is 1. The van der Waals surface area contributed by atoms with Gasteiger partial charge in [-0.05, 0) is 63.1 Å². The molecule has 0 radical (unpaired) electrons. The number of hydrogen-bond donors (Lipinski definition) is 2. The van der Waals surface area contributed by atoms with E-state index in [9.17, 15) is 14.3 Å². The van der Waals surface area contributed by atoms with Crippen molar-refractivity contribution in [3.8, 4) is 11.6 Å². The predicted octanol–water partition coefficient (Wildman–Crippen LogP) is 4.32. The maximum atomic E-state index is 14.7. The minimum Gasteiger partial charge on any atom is -0.489 e. The van der Waals surface area contributed by atoms with Gasteiger partial charge in [-0.25, -0.2) is 14.4 Å². The third-order valence-corrected chi connectivity index (χ3v) is 6.34. The highest BCUT2D eigenvalue weighted by Crippen LogP contribution is 2.26. The summed E-state index contributed by atoms with van der Waals surface area (Å²) in [6, 6.07) is 12.6. The van der Waals surface area contributed by atoms with E-state index < -0.39 is 11.4 Å². The molecule has 10 heteroatoms. The number of nitrogens with zero attached hydrogens (tertiary/aromatic N) is 5. The van der Waals surface area contributed by atoms with Crippen LogP contribution >= 0.6 is 0 Å². The van der Waals surface area contributed by atoms with E-state index in [1.165, 1.54) is 17.0 Å². The smallest absolute Gasteiger partial charge is 0.229 e. The molecule has 1 saturated heterocycles. The summed E-state index contributed by atoms with van der Waals surface area (Å²) in [6.07, 6.45) is 4.53. The van der Waals surface area contributed by atoms with Gasteiger partial charge in [-0.3, -0.25) is 9.36 Å². The van der Waals surface area contributed by atoms with Crippen LogP contribution in [-0.2, 0) is 10.4 Å². The zero-order chi connectivity index (χ0) is 26.2. The van der Waals surface area contributed by atoms with E-state index in [4.69, 9.17) is 4.74 Å². The van der Waals surface area contributed by atoms with Gasteiger partial charge in [0.1, 0.15) is 23.3 Å². The molecule has 2 N–H and O–H groups in total. The number of nitrogens with one attached hydrogen (secondary N) is 1. The first kappa shape index (κ1) is 24.6. The topological polar surface area (TPSA) is 105 Å². The monoisotopic (exact) mass is 504 g/mol. The van der Waals surface area contributed by atoms with Gasteiger partial charge in [-0.15, -0.1) is 0 Å². The van der Waals surface area contributed by atoms with E-state index in [0.717, 1.165) is 25.1 Å². The van der Waals surface area contributed by atoms with Gasteiger partial charge in [0, 0.05) is 31.5 Å². The Hall–Kier alpha value is -4.05. The van der Waals surface area contributed by atoms with Gasteiger partial charge in [0.2, 0.25) is 11.9 Å². The average molecular weight is 505 g/mol. The summed E-state index contributed by atoms with van der Waals surface area (Å²) in [5.74, 6) is 1.04. The third kappa shape index (κ3) is 5.39. The molecule has 1 amide bonds. The number of aliphatic hydroxyl groups is 1. The van der Waals surface area contributed by atoms with Crippen molar-refractivity contribution in [2.45, 2.75) is 45.3 Å². The average Bonchev–Trinajstić information content (AvgIpc) is 3.20. The van der Waals surface area contributed by atoms with E-state index in [1.54, 1.807) is 39.0 Å². The Kier molecular flexibility index (Phi) is 6.51. The van der Waals surface area contributed by atoms with Gasteiger partial charge in [-0.1, -0.05) is 6.07 Å². The summed E-state index contributed by atoms with van der Waals surface area (Å²) in [7, 11) is 0. The first-order valence-corrected chi connectivity index (χ1v) is 12.2. The highest BCUT2D eigenvalue weighted by Gasteiger charge is 2.23. The molecule has 37 heavy (non-hydrogen) atoms. The van der Waals surface area contributed by atoms with Crippen molar-refractivity contribution in [3.05, 3.63) is 66.4 Å². The summed E-state index contributed by atoms with van der Waals surface area (Å²) >= 11 is 0. The Morgan fingerprint density at radius 1 is 1.19 bits per heavy atom. The lowest BCUT2D eigenvalue weighted by Crippen LogP contribution is -2.43.